The standard InChI is InChI=1S/C7H8Cl2N2O2/c1-12-2-3-13-5-4-10-7(9)11-6(5)8/h4H,2-3H2,1H3. The van der Waals surface area contributed by atoms with Gasteiger partial charge < -0.3 is 9.47 Å². The number of methoxy groups -OCH3 is 1. The summed E-state index contributed by atoms with van der Waals surface area (Å²) in [6.45, 7) is 0.889. The molecule has 1 rings (SSSR count). The van der Waals surface area contributed by atoms with Crippen molar-refractivity contribution in [1.29, 1.82) is 0 Å². The monoisotopic (exact) mass is 222 g/mol. The summed E-state index contributed by atoms with van der Waals surface area (Å²) in [6, 6.07) is 0. The van der Waals surface area contributed by atoms with Gasteiger partial charge in [0.2, 0.25) is 5.28 Å². The van der Waals surface area contributed by atoms with Crippen molar-refractivity contribution in [1.82, 2.24) is 9.97 Å². The first kappa shape index (κ1) is 10.5. The fraction of sp³-hybridized carbons (Fsp3) is 0.429. The molecule has 0 aliphatic carbocycles. The summed E-state index contributed by atoms with van der Waals surface area (Å²) in [6.07, 6.45) is 1.42. The van der Waals surface area contributed by atoms with Crippen molar-refractivity contribution in [3.05, 3.63) is 16.6 Å². The zero-order valence-electron chi connectivity index (χ0n) is 6.96. The summed E-state index contributed by atoms with van der Waals surface area (Å²) in [5.41, 5.74) is 0. The van der Waals surface area contributed by atoms with Gasteiger partial charge in [0.25, 0.3) is 0 Å². The van der Waals surface area contributed by atoms with Crippen LogP contribution >= 0.6 is 23.2 Å². The molecule has 0 bridgehead atoms. The van der Waals surface area contributed by atoms with Crippen LogP contribution in [-0.2, 0) is 4.74 Å². The van der Waals surface area contributed by atoms with Gasteiger partial charge in [-0.3, -0.25) is 0 Å². The maximum absolute atomic E-state index is 5.71. The summed E-state index contributed by atoms with van der Waals surface area (Å²) < 4.78 is 9.98. The molecule has 13 heavy (non-hydrogen) atoms. The van der Waals surface area contributed by atoms with E-state index < -0.39 is 0 Å². The van der Waals surface area contributed by atoms with Gasteiger partial charge >= 0.3 is 0 Å². The molecule has 0 spiro atoms. The number of aromatic nitrogens is 2. The highest BCUT2D eigenvalue weighted by atomic mass is 35.5. The number of hydrogen-bond acceptors (Lipinski definition) is 4. The first-order valence-electron chi connectivity index (χ1n) is 3.54. The molecular weight excluding hydrogens is 215 g/mol. The Balaban J connectivity index is 2.56. The molecule has 0 fully saturated rings. The predicted molar refractivity (Wildman–Crippen MR) is 49.4 cm³/mol. The molecule has 0 aromatic carbocycles. The molecule has 6 heteroatoms. The van der Waals surface area contributed by atoms with E-state index >= 15 is 0 Å². The smallest absolute Gasteiger partial charge is 0.224 e. The average molecular weight is 223 g/mol. The number of nitrogens with zero attached hydrogens (tertiary/aromatic N) is 2. The summed E-state index contributed by atoms with van der Waals surface area (Å²) in [4.78, 5) is 7.43. The Bertz CT molecular complexity index is 283. The van der Waals surface area contributed by atoms with Crippen LogP contribution in [0.3, 0.4) is 0 Å². The zero-order chi connectivity index (χ0) is 9.68. The van der Waals surface area contributed by atoms with Gasteiger partial charge in [-0.05, 0) is 11.6 Å². The van der Waals surface area contributed by atoms with E-state index in [0.29, 0.717) is 19.0 Å². The Hall–Kier alpha value is -0.580. The minimum absolute atomic E-state index is 0.101. The molecule has 0 radical (unpaired) electrons. The Kier molecular flexibility index (Phi) is 4.21. The highest BCUT2D eigenvalue weighted by Gasteiger charge is 2.03. The molecule has 1 heterocycles. The van der Waals surface area contributed by atoms with Crippen LogP contribution in [0.2, 0.25) is 10.4 Å². The van der Waals surface area contributed by atoms with Gasteiger partial charge in [-0.15, -0.1) is 0 Å². The van der Waals surface area contributed by atoms with E-state index in [-0.39, 0.29) is 10.4 Å². The van der Waals surface area contributed by atoms with Crippen LogP contribution in [0.4, 0.5) is 0 Å². The summed E-state index contributed by atoms with van der Waals surface area (Å²) >= 11 is 11.2. The molecule has 0 aliphatic rings. The van der Waals surface area contributed by atoms with Gasteiger partial charge in [-0.25, -0.2) is 9.97 Å². The minimum Gasteiger partial charge on any atom is -0.486 e. The van der Waals surface area contributed by atoms with E-state index in [9.17, 15) is 0 Å². The van der Waals surface area contributed by atoms with Crippen LogP contribution in [0.15, 0.2) is 6.20 Å². The lowest BCUT2D eigenvalue weighted by molar-refractivity contribution is 0.146. The van der Waals surface area contributed by atoms with E-state index in [1.807, 2.05) is 0 Å². The highest BCUT2D eigenvalue weighted by Crippen LogP contribution is 2.21. The van der Waals surface area contributed by atoms with Crippen LogP contribution in [-0.4, -0.2) is 30.3 Å². The molecule has 1 aromatic rings. The zero-order valence-corrected chi connectivity index (χ0v) is 8.47. The van der Waals surface area contributed by atoms with Gasteiger partial charge in [0.1, 0.15) is 6.61 Å². The third-order valence-electron chi connectivity index (χ3n) is 1.23. The van der Waals surface area contributed by atoms with Crippen LogP contribution in [0.5, 0.6) is 5.75 Å². The van der Waals surface area contributed by atoms with Crippen molar-refractivity contribution in [2.24, 2.45) is 0 Å². The van der Waals surface area contributed by atoms with E-state index in [1.54, 1.807) is 7.11 Å². The van der Waals surface area contributed by atoms with Gasteiger partial charge in [0.15, 0.2) is 10.9 Å². The average Bonchev–Trinajstić information content (AvgIpc) is 2.09. The van der Waals surface area contributed by atoms with Gasteiger partial charge in [-0.1, -0.05) is 11.6 Å². The fourth-order valence-corrected chi connectivity index (χ4v) is 1.02. The molecule has 1 aromatic heterocycles. The Labute approximate surface area is 85.8 Å². The maximum Gasteiger partial charge on any atom is 0.224 e. The summed E-state index contributed by atoms with van der Waals surface area (Å²) in [5.74, 6) is 0.406. The Morgan fingerprint density at radius 2 is 2.15 bits per heavy atom. The largest absolute Gasteiger partial charge is 0.486 e. The van der Waals surface area contributed by atoms with Gasteiger partial charge in [-0.2, -0.15) is 0 Å². The van der Waals surface area contributed by atoms with E-state index in [4.69, 9.17) is 32.7 Å². The molecule has 0 aliphatic heterocycles. The summed E-state index contributed by atoms with van der Waals surface area (Å²) in [5, 5.41) is 0.306. The summed E-state index contributed by atoms with van der Waals surface area (Å²) in [7, 11) is 1.59. The quantitative estimate of drug-likeness (QED) is 0.443. The minimum atomic E-state index is 0.101. The van der Waals surface area contributed by atoms with Crippen molar-refractivity contribution >= 4 is 23.2 Å². The molecule has 0 atom stereocenters. The van der Waals surface area contributed by atoms with Crippen LogP contribution < -0.4 is 4.74 Å². The first-order chi connectivity index (χ1) is 6.24. The van der Waals surface area contributed by atoms with Crippen molar-refractivity contribution < 1.29 is 9.47 Å². The topological polar surface area (TPSA) is 44.2 Å². The van der Waals surface area contributed by atoms with E-state index in [1.165, 1.54) is 6.20 Å². The first-order valence-corrected chi connectivity index (χ1v) is 4.29. The lowest BCUT2D eigenvalue weighted by atomic mass is 10.6. The number of hydrogen-bond donors (Lipinski definition) is 0. The molecular formula is C7H8Cl2N2O2. The van der Waals surface area contributed by atoms with Crippen molar-refractivity contribution in [3.63, 3.8) is 0 Å². The molecule has 0 N–H and O–H groups in total. The number of rotatable bonds is 4. The molecule has 0 saturated heterocycles. The van der Waals surface area contributed by atoms with Crippen LogP contribution in [0, 0.1) is 0 Å². The van der Waals surface area contributed by atoms with E-state index in [0.717, 1.165) is 0 Å². The highest BCUT2D eigenvalue weighted by molar-refractivity contribution is 6.32. The third kappa shape index (κ3) is 3.34. The van der Waals surface area contributed by atoms with Crippen LogP contribution in [0.1, 0.15) is 0 Å². The van der Waals surface area contributed by atoms with Gasteiger partial charge in [0, 0.05) is 7.11 Å². The van der Waals surface area contributed by atoms with Gasteiger partial charge in [0.05, 0.1) is 12.8 Å². The van der Waals surface area contributed by atoms with Crippen molar-refractivity contribution in [2.75, 3.05) is 20.3 Å². The Morgan fingerprint density at radius 3 is 2.77 bits per heavy atom. The predicted octanol–water partition coefficient (Wildman–Crippen LogP) is 1.81. The molecule has 0 saturated carbocycles. The second kappa shape index (κ2) is 5.21. The molecule has 72 valence electrons. The molecule has 0 unspecified atom stereocenters. The second-order valence-electron chi connectivity index (χ2n) is 2.14. The third-order valence-corrected chi connectivity index (χ3v) is 1.68. The van der Waals surface area contributed by atoms with Crippen molar-refractivity contribution in [2.45, 2.75) is 0 Å². The SMILES string of the molecule is COCCOc1cnc(Cl)nc1Cl. The lowest BCUT2D eigenvalue weighted by Crippen LogP contribution is -2.05. The van der Waals surface area contributed by atoms with Crippen molar-refractivity contribution in [3.8, 4) is 5.75 Å². The van der Waals surface area contributed by atoms with Crippen LogP contribution in [0.25, 0.3) is 0 Å². The number of ether oxygens (including phenoxy) is 2. The fourth-order valence-electron chi connectivity index (χ4n) is 0.662. The normalized spacial score (nSPS) is 10.1. The Morgan fingerprint density at radius 1 is 1.38 bits per heavy atom. The second-order valence-corrected chi connectivity index (χ2v) is 2.83. The maximum atomic E-state index is 5.71. The van der Waals surface area contributed by atoms with E-state index in [2.05, 4.69) is 9.97 Å². The molecule has 4 nitrogen and oxygen atoms in total. The number of halogens is 2. The molecule has 0 amide bonds. The lowest BCUT2D eigenvalue weighted by Gasteiger charge is -2.05.